The van der Waals surface area contributed by atoms with E-state index < -0.39 is 0 Å². The van der Waals surface area contributed by atoms with Crippen LogP contribution in [0.15, 0.2) is 0 Å². The van der Waals surface area contributed by atoms with Gasteiger partial charge in [0.05, 0.1) is 19.5 Å². The van der Waals surface area contributed by atoms with Crippen molar-refractivity contribution in [3.05, 3.63) is 0 Å². The summed E-state index contributed by atoms with van der Waals surface area (Å²) in [6.07, 6.45) is 5.25. The first-order valence-electron chi connectivity index (χ1n) is 6.50. The van der Waals surface area contributed by atoms with Gasteiger partial charge in [-0.15, -0.1) is 0 Å². The van der Waals surface area contributed by atoms with Crippen LogP contribution in [0.5, 0.6) is 0 Å². The maximum Gasteiger partial charge on any atom is 0.302 e. The van der Waals surface area contributed by atoms with E-state index in [1.807, 2.05) is 0 Å². The Bertz CT molecular complexity index is 309. The number of carbonyl (C=O) groups is 2. The minimum atomic E-state index is -0.136. The second kappa shape index (κ2) is 5.14. The van der Waals surface area contributed by atoms with E-state index in [4.69, 9.17) is 0 Å². The molecular weight excluding hydrogens is 218 g/mol. The molecule has 17 heavy (non-hydrogen) atoms. The van der Waals surface area contributed by atoms with Crippen molar-refractivity contribution in [3.8, 4) is 0 Å². The van der Waals surface area contributed by atoms with E-state index in [1.54, 1.807) is 19.1 Å². The number of hydrogen-bond acceptors (Lipinski definition) is 3. The number of nitrogens with zero attached hydrogens (tertiary/aromatic N) is 2. The summed E-state index contributed by atoms with van der Waals surface area (Å²) in [4.78, 5) is 25.3. The van der Waals surface area contributed by atoms with Gasteiger partial charge < -0.3 is 4.90 Å². The van der Waals surface area contributed by atoms with E-state index in [-0.39, 0.29) is 17.9 Å². The molecule has 2 aliphatic heterocycles. The van der Waals surface area contributed by atoms with Crippen molar-refractivity contribution in [1.82, 2.24) is 10.0 Å². The topological polar surface area (TPSA) is 45.1 Å². The molecule has 0 aromatic carbocycles. The minimum Gasteiger partial charge on any atom is -0.324 e. The predicted octanol–water partition coefficient (Wildman–Crippen LogP) is -0.951. The predicted molar refractivity (Wildman–Crippen MR) is 63.1 cm³/mol. The van der Waals surface area contributed by atoms with Crippen LogP contribution in [0.2, 0.25) is 0 Å². The number of quaternary nitrogens is 1. The average molecular weight is 240 g/mol. The second-order valence-corrected chi connectivity index (χ2v) is 5.22. The van der Waals surface area contributed by atoms with Gasteiger partial charge in [0.15, 0.2) is 6.04 Å². The van der Waals surface area contributed by atoms with Crippen molar-refractivity contribution in [1.29, 1.82) is 0 Å². The van der Waals surface area contributed by atoms with Crippen molar-refractivity contribution in [2.45, 2.75) is 38.1 Å². The van der Waals surface area contributed by atoms with Gasteiger partial charge in [-0.05, 0) is 25.7 Å². The zero-order chi connectivity index (χ0) is 12.4. The Hall–Kier alpha value is -0.940. The van der Waals surface area contributed by atoms with Gasteiger partial charge in [-0.25, -0.2) is 10.0 Å². The molecule has 5 heteroatoms. The SMILES string of the molecule is CN(C)N1C(=O)C[C@@H]([NH+]2CCCCCC2)C1=O. The zero-order valence-electron chi connectivity index (χ0n) is 10.7. The first-order chi connectivity index (χ1) is 8.11. The van der Waals surface area contributed by atoms with Crippen LogP contribution in [0.1, 0.15) is 32.1 Å². The highest BCUT2D eigenvalue weighted by Gasteiger charge is 2.46. The highest BCUT2D eigenvalue weighted by Crippen LogP contribution is 2.12. The molecule has 0 radical (unpaired) electrons. The third kappa shape index (κ3) is 2.50. The quantitative estimate of drug-likeness (QED) is 0.633. The Morgan fingerprint density at radius 3 is 2.18 bits per heavy atom. The van der Waals surface area contributed by atoms with Crippen molar-refractivity contribution in [2.75, 3.05) is 27.2 Å². The van der Waals surface area contributed by atoms with Gasteiger partial charge in [0, 0.05) is 14.1 Å². The number of likely N-dealkylation sites (tertiary alicyclic amines) is 1. The fraction of sp³-hybridized carbons (Fsp3) is 0.833. The number of carbonyl (C=O) groups excluding carboxylic acids is 2. The monoisotopic (exact) mass is 240 g/mol. The van der Waals surface area contributed by atoms with Crippen LogP contribution in [0.25, 0.3) is 0 Å². The standard InChI is InChI=1S/C12H21N3O2/c1-13(2)15-11(16)9-10(12(15)17)14-7-5-3-4-6-8-14/h10H,3-9H2,1-2H3/p+1/t10-/m1/s1. The number of rotatable bonds is 2. The largest absolute Gasteiger partial charge is 0.324 e. The van der Waals surface area contributed by atoms with Crippen LogP contribution in [0, 0.1) is 0 Å². The molecule has 0 aromatic rings. The lowest BCUT2D eigenvalue weighted by molar-refractivity contribution is -0.914. The molecule has 2 aliphatic rings. The highest BCUT2D eigenvalue weighted by molar-refractivity contribution is 6.04. The van der Waals surface area contributed by atoms with Crippen LogP contribution < -0.4 is 4.90 Å². The van der Waals surface area contributed by atoms with Crippen molar-refractivity contribution in [2.24, 2.45) is 0 Å². The Kier molecular flexibility index (Phi) is 3.79. The van der Waals surface area contributed by atoms with Crippen LogP contribution in [-0.4, -0.2) is 55.1 Å². The third-order valence-corrected chi connectivity index (χ3v) is 3.76. The fourth-order valence-electron chi connectivity index (χ4n) is 2.89. The summed E-state index contributed by atoms with van der Waals surface area (Å²) in [5.74, 6) is -0.0707. The first kappa shape index (κ1) is 12.5. The lowest BCUT2D eigenvalue weighted by Gasteiger charge is -2.24. The molecular formula is C12H22N3O2+. The van der Waals surface area contributed by atoms with E-state index >= 15 is 0 Å². The molecule has 1 atom stereocenters. The maximum absolute atomic E-state index is 12.2. The number of hydrogen-bond donors (Lipinski definition) is 1. The second-order valence-electron chi connectivity index (χ2n) is 5.22. The van der Waals surface area contributed by atoms with Crippen LogP contribution in [0.3, 0.4) is 0 Å². The molecule has 96 valence electrons. The van der Waals surface area contributed by atoms with Crippen LogP contribution >= 0.6 is 0 Å². The van der Waals surface area contributed by atoms with Crippen LogP contribution in [-0.2, 0) is 9.59 Å². The number of amides is 2. The van der Waals surface area contributed by atoms with Crippen LogP contribution in [0.4, 0.5) is 0 Å². The summed E-state index contributed by atoms with van der Waals surface area (Å²) in [6.45, 7) is 2.07. The normalized spacial score (nSPS) is 27.9. The molecule has 5 nitrogen and oxygen atoms in total. The third-order valence-electron chi connectivity index (χ3n) is 3.76. The summed E-state index contributed by atoms with van der Waals surface area (Å²) in [7, 11) is 3.49. The molecule has 0 bridgehead atoms. The van der Waals surface area contributed by atoms with Gasteiger partial charge in [-0.2, -0.15) is 0 Å². The number of imide groups is 1. The summed E-state index contributed by atoms with van der Waals surface area (Å²) in [6, 6.07) is -0.136. The van der Waals surface area contributed by atoms with Gasteiger partial charge in [-0.1, -0.05) is 0 Å². The summed E-state index contributed by atoms with van der Waals surface area (Å²) in [5, 5.41) is 2.89. The molecule has 0 aliphatic carbocycles. The summed E-state index contributed by atoms with van der Waals surface area (Å²) < 4.78 is 0. The van der Waals surface area contributed by atoms with Crippen molar-refractivity contribution >= 4 is 11.8 Å². The summed E-state index contributed by atoms with van der Waals surface area (Å²) >= 11 is 0. The van der Waals surface area contributed by atoms with E-state index in [0.29, 0.717) is 6.42 Å². The fourth-order valence-corrected chi connectivity index (χ4v) is 2.89. The zero-order valence-corrected chi connectivity index (χ0v) is 10.7. The first-order valence-corrected chi connectivity index (χ1v) is 6.50. The molecule has 0 saturated carbocycles. The molecule has 2 saturated heterocycles. The Morgan fingerprint density at radius 1 is 1.12 bits per heavy atom. The Labute approximate surface area is 102 Å². The number of hydrazine groups is 1. The van der Waals surface area contributed by atoms with Gasteiger partial charge in [-0.3, -0.25) is 9.59 Å². The van der Waals surface area contributed by atoms with Crippen molar-refractivity contribution in [3.63, 3.8) is 0 Å². The maximum atomic E-state index is 12.2. The molecule has 2 rings (SSSR count). The van der Waals surface area contributed by atoms with E-state index in [1.165, 1.54) is 35.6 Å². The average Bonchev–Trinajstić information content (AvgIpc) is 2.48. The lowest BCUT2D eigenvalue weighted by atomic mass is 10.2. The van der Waals surface area contributed by atoms with Gasteiger partial charge >= 0.3 is 5.91 Å². The molecule has 2 fully saturated rings. The molecule has 1 N–H and O–H groups in total. The van der Waals surface area contributed by atoms with E-state index in [2.05, 4.69) is 0 Å². The Balaban J connectivity index is 2.07. The van der Waals surface area contributed by atoms with E-state index in [0.717, 1.165) is 13.1 Å². The van der Waals surface area contributed by atoms with Crippen molar-refractivity contribution < 1.29 is 14.5 Å². The van der Waals surface area contributed by atoms with E-state index in [9.17, 15) is 9.59 Å². The lowest BCUT2D eigenvalue weighted by Crippen LogP contribution is -3.16. The molecule has 2 heterocycles. The van der Waals surface area contributed by atoms with Gasteiger partial charge in [0.1, 0.15) is 0 Å². The molecule has 0 spiro atoms. The van der Waals surface area contributed by atoms with Gasteiger partial charge in [0.2, 0.25) is 0 Å². The Morgan fingerprint density at radius 2 is 1.71 bits per heavy atom. The molecule has 0 aromatic heterocycles. The number of nitrogens with one attached hydrogen (secondary N) is 1. The smallest absolute Gasteiger partial charge is 0.302 e. The highest BCUT2D eigenvalue weighted by atomic mass is 16.2. The van der Waals surface area contributed by atoms with Gasteiger partial charge in [0.25, 0.3) is 5.91 Å². The minimum absolute atomic E-state index is 0.0168. The molecule has 0 unspecified atom stereocenters. The molecule has 2 amide bonds. The summed E-state index contributed by atoms with van der Waals surface area (Å²) in [5.41, 5.74) is 0.